The van der Waals surface area contributed by atoms with Gasteiger partial charge in [0, 0.05) is 22.2 Å². The third-order valence-corrected chi connectivity index (χ3v) is 3.97. The van der Waals surface area contributed by atoms with Gasteiger partial charge in [-0.2, -0.15) is 0 Å². The zero-order valence-electron chi connectivity index (χ0n) is 12.4. The first-order valence-corrected chi connectivity index (χ1v) is 7.48. The van der Waals surface area contributed by atoms with E-state index in [1.165, 1.54) is 0 Å². The van der Waals surface area contributed by atoms with E-state index in [1.54, 1.807) is 31.2 Å². The Morgan fingerprint density at radius 1 is 1.09 bits per heavy atom. The first-order valence-electron chi connectivity index (χ1n) is 7.10. The van der Waals surface area contributed by atoms with Crippen LogP contribution in [0.5, 0.6) is 0 Å². The van der Waals surface area contributed by atoms with E-state index in [-0.39, 0.29) is 0 Å². The topological polar surface area (TPSA) is 63.3 Å². The van der Waals surface area contributed by atoms with Crippen molar-refractivity contribution >= 4 is 17.6 Å². The average Bonchev–Trinajstić information content (AvgIpc) is 3.05. The summed E-state index contributed by atoms with van der Waals surface area (Å²) < 4.78 is 5.37. The number of hydrogen-bond donors (Lipinski definition) is 1. The summed E-state index contributed by atoms with van der Waals surface area (Å²) in [5, 5.41) is 13.8. The Bertz CT molecular complexity index is 822. The first-order chi connectivity index (χ1) is 11.0. The van der Waals surface area contributed by atoms with Gasteiger partial charge in [0.25, 0.3) is 0 Å². The molecule has 0 fully saturated rings. The molecule has 1 N–H and O–H groups in total. The van der Waals surface area contributed by atoms with Crippen molar-refractivity contribution in [3.63, 3.8) is 0 Å². The van der Waals surface area contributed by atoms with Gasteiger partial charge in [-0.3, -0.25) is 4.79 Å². The molecule has 0 saturated carbocycles. The van der Waals surface area contributed by atoms with Crippen LogP contribution in [0.3, 0.4) is 0 Å². The lowest BCUT2D eigenvalue weighted by Crippen LogP contribution is -2.06. The normalized spacial score (nSPS) is 12.1. The van der Waals surface area contributed by atoms with E-state index in [0.717, 1.165) is 16.7 Å². The van der Waals surface area contributed by atoms with E-state index >= 15 is 0 Å². The molecule has 116 valence electrons. The Balaban J connectivity index is 1.85. The molecule has 0 aliphatic rings. The smallest absolute Gasteiger partial charge is 0.310 e. The lowest BCUT2D eigenvalue weighted by molar-refractivity contribution is -0.138. The highest BCUT2D eigenvalue weighted by Crippen LogP contribution is 2.28. The predicted molar refractivity (Wildman–Crippen MR) is 88.4 cm³/mol. The molecular formula is C18H14ClNO3. The maximum absolute atomic E-state index is 11.0. The van der Waals surface area contributed by atoms with Crippen molar-refractivity contribution in [1.82, 2.24) is 5.16 Å². The molecule has 5 heteroatoms. The molecule has 3 aromatic rings. The summed E-state index contributed by atoms with van der Waals surface area (Å²) in [4.78, 5) is 11.0. The van der Waals surface area contributed by atoms with Crippen LogP contribution < -0.4 is 0 Å². The maximum atomic E-state index is 11.0. The molecule has 23 heavy (non-hydrogen) atoms. The van der Waals surface area contributed by atoms with Crippen molar-refractivity contribution in [2.75, 3.05) is 0 Å². The molecule has 0 aliphatic carbocycles. The largest absolute Gasteiger partial charge is 0.481 e. The van der Waals surface area contributed by atoms with Crippen molar-refractivity contribution in [2.45, 2.75) is 12.8 Å². The standard InChI is InChI=1S/C18H14ClNO3/c1-11(18(21)22)12-2-4-13(5-3-12)16-10-17(23-20-16)14-6-8-15(19)9-7-14/h2-11H,1H3,(H,21,22). The van der Waals surface area contributed by atoms with E-state index < -0.39 is 11.9 Å². The van der Waals surface area contributed by atoms with E-state index in [2.05, 4.69) is 5.16 Å². The number of rotatable bonds is 4. The van der Waals surface area contributed by atoms with Gasteiger partial charge in [-0.1, -0.05) is 41.0 Å². The number of aromatic nitrogens is 1. The molecule has 0 radical (unpaired) electrons. The first kappa shape index (κ1) is 15.3. The van der Waals surface area contributed by atoms with Gasteiger partial charge in [0.1, 0.15) is 5.69 Å². The van der Waals surface area contributed by atoms with E-state index in [1.807, 2.05) is 30.3 Å². The van der Waals surface area contributed by atoms with Gasteiger partial charge in [-0.25, -0.2) is 0 Å². The third-order valence-electron chi connectivity index (χ3n) is 3.72. The minimum Gasteiger partial charge on any atom is -0.481 e. The lowest BCUT2D eigenvalue weighted by Gasteiger charge is -2.06. The Morgan fingerprint density at radius 3 is 2.30 bits per heavy atom. The van der Waals surface area contributed by atoms with Crippen LogP contribution in [0, 0.1) is 0 Å². The van der Waals surface area contributed by atoms with Gasteiger partial charge in [-0.15, -0.1) is 0 Å². The van der Waals surface area contributed by atoms with Gasteiger partial charge >= 0.3 is 5.97 Å². The number of nitrogens with zero attached hydrogens (tertiary/aromatic N) is 1. The second-order valence-corrected chi connectivity index (χ2v) is 5.70. The van der Waals surface area contributed by atoms with Gasteiger partial charge in [-0.05, 0) is 36.8 Å². The minimum atomic E-state index is -0.843. The van der Waals surface area contributed by atoms with E-state index in [4.69, 9.17) is 21.2 Å². The van der Waals surface area contributed by atoms with Crippen molar-refractivity contribution in [3.05, 3.63) is 65.2 Å². The number of hydrogen-bond acceptors (Lipinski definition) is 3. The average molecular weight is 328 g/mol. The number of halogens is 1. The molecule has 3 rings (SSSR count). The predicted octanol–water partition coefficient (Wildman–Crippen LogP) is 4.85. The van der Waals surface area contributed by atoms with Crippen molar-refractivity contribution in [3.8, 4) is 22.6 Å². The highest BCUT2D eigenvalue weighted by Gasteiger charge is 2.14. The molecule has 1 atom stereocenters. The molecule has 1 unspecified atom stereocenters. The number of benzene rings is 2. The quantitative estimate of drug-likeness (QED) is 0.744. The number of carboxylic acids is 1. The Kier molecular flexibility index (Phi) is 4.17. The Morgan fingerprint density at radius 2 is 1.70 bits per heavy atom. The van der Waals surface area contributed by atoms with Gasteiger partial charge in [0.15, 0.2) is 5.76 Å². The summed E-state index contributed by atoms with van der Waals surface area (Å²) >= 11 is 5.87. The number of carboxylic acid groups (broad SMARTS) is 1. The summed E-state index contributed by atoms with van der Waals surface area (Å²) in [6.45, 7) is 1.66. The molecule has 0 aliphatic heterocycles. The van der Waals surface area contributed by atoms with Crippen LogP contribution in [-0.2, 0) is 4.79 Å². The third kappa shape index (κ3) is 3.27. The summed E-state index contributed by atoms with van der Waals surface area (Å²) in [5.41, 5.74) is 3.21. The molecule has 1 heterocycles. The minimum absolute atomic E-state index is 0.536. The number of carbonyl (C=O) groups is 1. The zero-order valence-corrected chi connectivity index (χ0v) is 13.1. The fourth-order valence-corrected chi connectivity index (χ4v) is 2.37. The van der Waals surface area contributed by atoms with Gasteiger partial charge in [0.05, 0.1) is 5.92 Å². The molecule has 0 saturated heterocycles. The van der Waals surface area contributed by atoms with Crippen molar-refractivity contribution in [1.29, 1.82) is 0 Å². The summed E-state index contributed by atoms with van der Waals surface area (Å²) in [6.07, 6.45) is 0. The SMILES string of the molecule is CC(C(=O)O)c1ccc(-c2cc(-c3ccc(Cl)cc3)on2)cc1. The molecule has 0 spiro atoms. The monoisotopic (exact) mass is 327 g/mol. The molecule has 2 aromatic carbocycles. The second-order valence-electron chi connectivity index (χ2n) is 5.27. The fourth-order valence-electron chi connectivity index (χ4n) is 2.25. The van der Waals surface area contributed by atoms with Crippen LogP contribution in [0.1, 0.15) is 18.4 Å². The molecule has 4 nitrogen and oxygen atoms in total. The molecule has 1 aromatic heterocycles. The van der Waals surface area contributed by atoms with Crippen LogP contribution in [0.2, 0.25) is 5.02 Å². The van der Waals surface area contributed by atoms with Crippen LogP contribution in [-0.4, -0.2) is 16.2 Å². The fraction of sp³-hybridized carbons (Fsp3) is 0.111. The van der Waals surface area contributed by atoms with Crippen LogP contribution in [0.25, 0.3) is 22.6 Å². The molecule has 0 amide bonds. The summed E-state index contributed by atoms with van der Waals surface area (Å²) in [6, 6.07) is 16.4. The zero-order chi connectivity index (χ0) is 16.4. The highest BCUT2D eigenvalue weighted by molar-refractivity contribution is 6.30. The summed E-state index contributed by atoms with van der Waals surface area (Å²) in [5.74, 6) is -0.727. The second kappa shape index (κ2) is 6.26. The van der Waals surface area contributed by atoms with Crippen LogP contribution >= 0.6 is 11.6 Å². The highest BCUT2D eigenvalue weighted by atomic mass is 35.5. The van der Waals surface area contributed by atoms with E-state index in [0.29, 0.717) is 16.5 Å². The Labute approximate surface area is 138 Å². The Hall–Kier alpha value is -2.59. The van der Waals surface area contributed by atoms with Gasteiger partial charge in [0.2, 0.25) is 0 Å². The van der Waals surface area contributed by atoms with Gasteiger partial charge < -0.3 is 9.63 Å². The number of aliphatic carboxylic acids is 1. The summed E-state index contributed by atoms with van der Waals surface area (Å²) in [7, 11) is 0. The van der Waals surface area contributed by atoms with Crippen LogP contribution in [0.4, 0.5) is 0 Å². The van der Waals surface area contributed by atoms with Crippen LogP contribution in [0.15, 0.2) is 59.1 Å². The molecule has 0 bridgehead atoms. The maximum Gasteiger partial charge on any atom is 0.310 e. The molecular weight excluding hydrogens is 314 g/mol. The lowest BCUT2D eigenvalue weighted by atomic mass is 9.99. The van der Waals surface area contributed by atoms with Crippen molar-refractivity contribution < 1.29 is 14.4 Å². The van der Waals surface area contributed by atoms with E-state index in [9.17, 15) is 4.79 Å². The van der Waals surface area contributed by atoms with Crippen molar-refractivity contribution in [2.24, 2.45) is 0 Å².